The highest BCUT2D eigenvalue weighted by molar-refractivity contribution is 6.80. The second-order valence-corrected chi connectivity index (χ2v) is 6.34. The Morgan fingerprint density at radius 1 is 0.808 bits per heavy atom. The first-order valence-corrected chi connectivity index (χ1v) is 9.18. The van der Waals surface area contributed by atoms with Gasteiger partial charge in [-0.3, -0.25) is 0 Å². The van der Waals surface area contributed by atoms with Crippen molar-refractivity contribution in [3.63, 3.8) is 0 Å². The van der Waals surface area contributed by atoms with Crippen molar-refractivity contribution in [2.45, 2.75) is 13.8 Å². The number of benzene rings is 3. The van der Waals surface area contributed by atoms with Gasteiger partial charge in [-0.05, 0) is 42.3 Å². The highest BCUT2D eigenvalue weighted by Crippen LogP contribution is 2.33. The summed E-state index contributed by atoms with van der Waals surface area (Å²) < 4.78 is 11.4. The van der Waals surface area contributed by atoms with E-state index >= 15 is 0 Å². The number of rotatable bonds is 6. The van der Waals surface area contributed by atoms with Gasteiger partial charge in [0.15, 0.2) is 0 Å². The normalized spacial score (nSPS) is 12.6. The number of nitrogens with one attached hydrogen (secondary N) is 2. The van der Waals surface area contributed by atoms with Crippen molar-refractivity contribution in [2.24, 2.45) is 0 Å². The molecule has 0 aliphatic carbocycles. The van der Waals surface area contributed by atoms with Crippen LogP contribution in [0.15, 0.2) is 60.7 Å². The van der Waals surface area contributed by atoms with Crippen molar-refractivity contribution < 1.29 is 9.31 Å². The van der Waals surface area contributed by atoms with Gasteiger partial charge in [0.2, 0.25) is 0 Å². The quantitative estimate of drug-likeness (QED) is 0.675. The lowest BCUT2D eigenvalue weighted by molar-refractivity contribution is 0.225. The van der Waals surface area contributed by atoms with E-state index in [4.69, 9.17) is 9.31 Å². The van der Waals surface area contributed by atoms with Gasteiger partial charge in [-0.1, -0.05) is 48.5 Å². The molecule has 3 aromatic rings. The van der Waals surface area contributed by atoms with Gasteiger partial charge in [-0.15, -0.1) is 0 Å². The second-order valence-electron chi connectivity index (χ2n) is 6.34. The maximum absolute atomic E-state index is 5.69. The second kappa shape index (κ2) is 7.44. The van der Waals surface area contributed by atoms with Gasteiger partial charge in [0.25, 0.3) is 0 Å². The van der Waals surface area contributed by atoms with E-state index in [9.17, 15) is 0 Å². The summed E-state index contributed by atoms with van der Waals surface area (Å²) in [5, 5.41) is 9.69. The molecule has 0 amide bonds. The van der Waals surface area contributed by atoms with E-state index in [-0.39, 0.29) is 14.1 Å². The van der Waals surface area contributed by atoms with Gasteiger partial charge in [0.1, 0.15) is 0 Å². The fourth-order valence-corrected chi connectivity index (χ4v) is 3.48. The molecule has 26 heavy (non-hydrogen) atoms. The molecule has 0 aromatic heterocycles. The van der Waals surface area contributed by atoms with Gasteiger partial charge in [-0.2, -0.15) is 0 Å². The lowest BCUT2D eigenvalue weighted by atomic mass is 9.65. The Hall–Kier alpha value is -2.43. The minimum absolute atomic E-state index is 0.0298. The van der Waals surface area contributed by atoms with Crippen LogP contribution in [0.4, 0.5) is 11.4 Å². The van der Waals surface area contributed by atoms with Gasteiger partial charge in [0.05, 0.1) is 0 Å². The molecule has 0 radical (unpaired) electrons. The molecule has 0 saturated heterocycles. The third kappa shape index (κ3) is 3.18. The van der Waals surface area contributed by atoms with E-state index in [2.05, 4.69) is 71.1 Å². The largest absolute Gasteiger partial charge is 0.493 e. The highest BCUT2D eigenvalue weighted by Gasteiger charge is 2.26. The Labute approximate surface area is 155 Å². The zero-order chi connectivity index (χ0) is 17.9. The van der Waals surface area contributed by atoms with Crippen molar-refractivity contribution in [3.05, 3.63) is 60.7 Å². The van der Waals surface area contributed by atoms with Crippen LogP contribution in [0.5, 0.6) is 0 Å². The number of hydrogen-bond donors (Lipinski definition) is 2. The third-order valence-corrected chi connectivity index (χ3v) is 4.68. The molecular weight excluding hydrogens is 322 g/mol. The predicted octanol–water partition coefficient (Wildman–Crippen LogP) is 2.84. The Bertz CT molecular complexity index is 855. The molecule has 1 aliphatic heterocycles. The molecular formula is C20H22B2N2O2. The number of anilines is 2. The summed E-state index contributed by atoms with van der Waals surface area (Å²) in [4.78, 5) is 0. The third-order valence-electron chi connectivity index (χ3n) is 4.68. The zero-order valence-electron chi connectivity index (χ0n) is 15.2. The molecule has 2 N–H and O–H groups in total. The SMILES string of the molecule is CCOB(OCC)c1ccc(B2Nc3cccc4cccc(c34)N2)cc1. The van der Waals surface area contributed by atoms with Crippen LogP contribution in [0.2, 0.25) is 0 Å². The predicted molar refractivity (Wildman–Crippen MR) is 112 cm³/mol. The van der Waals surface area contributed by atoms with Gasteiger partial charge < -0.3 is 19.8 Å². The van der Waals surface area contributed by atoms with E-state index < -0.39 is 0 Å². The van der Waals surface area contributed by atoms with Crippen LogP contribution in [0, 0.1) is 0 Å². The number of hydrogen-bond acceptors (Lipinski definition) is 4. The summed E-state index contributed by atoms with van der Waals surface area (Å²) in [6, 6.07) is 21.1. The molecule has 130 valence electrons. The van der Waals surface area contributed by atoms with E-state index in [0.717, 1.165) is 16.8 Å². The molecule has 4 rings (SSSR count). The monoisotopic (exact) mass is 344 g/mol. The van der Waals surface area contributed by atoms with Gasteiger partial charge in [0, 0.05) is 30.0 Å². The molecule has 6 heteroatoms. The molecule has 4 nitrogen and oxygen atoms in total. The maximum Gasteiger partial charge on any atom is 0.493 e. The van der Waals surface area contributed by atoms with Gasteiger partial charge in [-0.25, -0.2) is 0 Å². The fraction of sp³-hybridized carbons (Fsp3) is 0.200. The van der Waals surface area contributed by atoms with Crippen LogP contribution in [0.1, 0.15) is 13.8 Å². The summed E-state index contributed by atoms with van der Waals surface area (Å²) in [6.07, 6.45) is 0. The first-order valence-electron chi connectivity index (χ1n) is 9.18. The first-order chi connectivity index (χ1) is 12.8. The Balaban J connectivity index is 1.59. The lowest BCUT2D eigenvalue weighted by Gasteiger charge is -2.27. The minimum atomic E-state index is -0.305. The Morgan fingerprint density at radius 2 is 1.38 bits per heavy atom. The summed E-state index contributed by atoms with van der Waals surface area (Å²) in [5.74, 6) is 0. The molecule has 0 saturated carbocycles. The maximum atomic E-state index is 5.69. The summed E-state index contributed by atoms with van der Waals surface area (Å²) in [7, 11) is -0.305. The molecule has 1 aliphatic rings. The Kier molecular flexibility index (Phi) is 4.87. The van der Waals surface area contributed by atoms with Crippen molar-refractivity contribution in [1.29, 1.82) is 0 Å². The molecule has 0 unspecified atom stereocenters. The van der Waals surface area contributed by atoms with E-state index in [1.807, 2.05) is 13.8 Å². The summed E-state index contributed by atoms with van der Waals surface area (Å²) in [5.41, 5.74) is 4.53. The van der Waals surface area contributed by atoms with Crippen molar-refractivity contribution in [3.8, 4) is 0 Å². The summed E-state index contributed by atoms with van der Waals surface area (Å²) >= 11 is 0. The summed E-state index contributed by atoms with van der Waals surface area (Å²) in [6.45, 7) is 5.24. The van der Waals surface area contributed by atoms with E-state index in [1.54, 1.807) is 0 Å². The molecule has 1 heterocycles. The van der Waals surface area contributed by atoms with Crippen LogP contribution in [-0.2, 0) is 9.31 Å². The average molecular weight is 344 g/mol. The molecule has 0 bridgehead atoms. The first kappa shape index (κ1) is 17.0. The molecule has 0 atom stereocenters. The standard InChI is InChI=1S/C20H22B2N2O2/c1-3-25-22(26-4-2)17-13-11-16(12-14-17)21-23-18-9-5-7-15-8-6-10-19(24-21)20(15)18/h5-14,23-24H,3-4H2,1-2H3. The lowest BCUT2D eigenvalue weighted by Crippen LogP contribution is -2.48. The zero-order valence-corrected chi connectivity index (χ0v) is 15.2. The average Bonchev–Trinajstić information content (AvgIpc) is 2.68. The van der Waals surface area contributed by atoms with Crippen LogP contribution < -0.4 is 21.4 Å². The van der Waals surface area contributed by atoms with Crippen LogP contribution >= 0.6 is 0 Å². The molecule has 3 aromatic carbocycles. The van der Waals surface area contributed by atoms with Crippen LogP contribution in [0.25, 0.3) is 10.8 Å². The minimum Gasteiger partial charge on any atom is -0.408 e. The Morgan fingerprint density at radius 3 is 1.92 bits per heavy atom. The van der Waals surface area contributed by atoms with Crippen molar-refractivity contribution in [2.75, 3.05) is 23.7 Å². The molecule has 0 fully saturated rings. The van der Waals surface area contributed by atoms with Crippen LogP contribution in [-0.4, -0.2) is 27.3 Å². The van der Waals surface area contributed by atoms with Crippen molar-refractivity contribution in [1.82, 2.24) is 0 Å². The van der Waals surface area contributed by atoms with Crippen LogP contribution in [0.3, 0.4) is 0 Å². The highest BCUT2D eigenvalue weighted by atomic mass is 16.6. The van der Waals surface area contributed by atoms with Crippen molar-refractivity contribution >= 4 is 47.2 Å². The van der Waals surface area contributed by atoms with E-state index in [1.165, 1.54) is 16.2 Å². The van der Waals surface area contributed by atoms with E-state index in [0.29, 0.717) is 13.2 Å². The van der Waals surface area contributed by atoms with Gasteiger partial charge >= 0.3 is 14.1 Å². The molecule has 0 spiro atoms. The fourth-order valence-electron chi connectivity index (χ4n) is 3.48. The topological polar surface area (TPSA) is 42.5 Å². The smallest absolute Gasteiger partial charge is 0.408 e.